The molecule has 0 aromatic carbocycles. The first-order valence-corrected chi connectivity index (χ1v) is 4.87. The van der Waals surface area contributed by atoms with Crippen molar-refractivity contribution in [1.29, 1.82) is 0 Å². The number of carbonyl (C=O) groups is 1. The number of imidazole rings is 1. The summed E-state index contributed by atoms with van der Waals surface area (Å²) in [4.78, 5) is 26.0. The number of hydrogen-bond donors (Lipinski definition) is 1. The van der Waals surface area contributed by atoms with E-state index in [0.717, 1.165) is 6.20 Å². The molecule has 0 aliphatic rings. The summed E-state index contributed by atoms with van der Waals surface area (Å²) in [6.45, 7) is 4.00. The molecule has 0 spiro atoms. The van der Waals surface area contributed by atoms with Gasteiger partial charge in [0.15, 0.2) is 0 Å². The maximum atomic E-state index is 11.5. The highest BCUT2D eigenvalue weighted by Gasteiger charge is 2.12. The zero-order valence-electron chi connectivity index (χ0n) is 9.34. The van der Waals surface area contributed by atoms with Crippen LogP contribution in [0.2, 0.25) is 0 Å². The summed E-state index contributed by atoms with van der Waals surface area (Å²) in [6.07, 6.45) is 4.19. The van der Waals surface area contributed by atoms with Gasteiger partial charge in [-0.3, -0.25) is 9.20 Å². The van der Waals surface area contributed by atoms with Crippen LogP contribution in [-0.2, 0) is 7.05 Å². The molecule has 2 heterocycles. The van der Waals surface area contributed by atoms with Gasteiger partial charge in [-0.25, -0.2) is 9.78 Å². The van der Waals surface area contributed by atoms with Gasteiger partial charge in [0, 0.05) is 19.4 Å². The Kier molecular flexibility index (Phi) is 3.44. The number of carboxylic acid groups (broad SMARTS) is 1. The maximum absolute atomic E-state index is 11.5. The van der Waals surface area contributed by atoms with E-state index in [0.29, 0.717) is 5.78 Å². The monoisotopic (exact) mass is 223 g/mol. The second kappa shape index (κ2) is 4.61. The first-order chi connectivity index (χ1) is 7.61. The van der Waals surface area contributed by atoms with E-state index < -0.39 is 11.5 Å². The molecule has 6 nitrogen and oxygen atoms in total. The van der Waals surface area contributed by atoms with Crippen LogP contribution < -0.4 is 5.56 Å². The molecule has 0 atom stereocenters. The molecule has 0 radical (unpaired) electrons. The van der Waals surface area contributed by atoms with E-state index >= 15 is 0 Å². The molecule has 0 amide bonds. The average molecular weight is 223 g/mol. The Morgan fingerprint density at radius 2 is 2.00 bits per heavy atom. The molecule has 0 unspecified atom stereocenters. The number of nitrogens with zero attached hydrogens (tertiary/aromatic N) is 3. The van der Waals surface area contributed by atoms with Crippen molar-refractivity contribution in [2.45, 2.75) is 13.8 Å². The molecule has 2 rings (SSSR count). The van der Waals surface area contributed by atoms with Crippen molar-refractivity contribution in [1.82, 2.24) is 14.0 Å². The molecule has 0 bridgehead atoms. The van der Waals surface area contributed by atoms with Crippen LogP contribution in [-0.4, -0.2) is 25.0 Å². The largest absolute Gasteiger partial charge is 0.477 e. The second-order valence-corrected chi connectivity index (χ2v) is 2.86. The lowest BCUT2D eigenvalue weighted by Crippen LogP contribution is -2.22. The first kappa shape index (κ1) is 12.0. The minimum Gasteiger partial charge on any atom is -0.477 e. The fourth-order valence-electron chi connectivity index (χ4n) is 1.24. The molecular weight excluding hydrogens is 210 g/mol. The Morgan fingerprint density at radius 1 is 1.38 bits per heavy atom. The molecule has 2 aromatic rings. The van der Waals surface area contributed by atoms with Gasteiger partial charge in [0.2, 0.25) is 5.78 Å². The van der Waals surface area contributed by atoms with Crippen LogP contribution >= 0.6 is 0 Å². The summed E-state index contributed by atoms with van der Waals surface area (Å²) in [5.41, 5.74) is -0.892. The van der Waals surface area contributed by atoms with Gasteiger partial charge in [0.25, 0.3) is 5.56 Å². The number of fused-ring (bicyclic) bond motifs is 1. The van der Waals surface area contributed by atoms with Gasteiger partial charge in [0.05, 0.1) is 6.20 Å². The summed E-state index contributed by atoms with van der Waals surface area (Å²) >= 11 is 0. The Balaban J connectivity index is 0.000000606. The number of hydrogen-bond acceptors (Lipinski definition) is 3. The molecule has 86 valence electrons. The Bertz CT molecular complexity index is 568. The zero-order chi connectivity index (χ0) is 12.3. The minimum absolute atomic E-state index is 0.325. The molecule has 16 heavy (non-hydrogen) atoms. The van der Waals surface area contributed by atoms with Crippen LogP contribution in [0.25, 0.3) is 5.78 Å². The summed E-state index contributed by atoms with van der Waals surface area (Å²) < 4.78 is 2.83. The fraction of sp³-hybridized carbons (Fsp3) is 0.300. The third kappa shape index (κ3) is 1.81. The van der Waals surface area contributed by atoms with Crippen molar-refractivity contribution in [2.75, 3.05) is 0 Å². The van der Waals surface area contributed by atoms with Crippen LogP contribution in [0.5, 0.6) is 0 Å². The molecule has 2 aromatic heterocycles. The Morgan fingerprint density at radius 3 is 2.56 bits per heavy atom. The highest BCUT2D eigenvalue weighted by molar-refractivity contribution is 5.86. The van der Waals surface area contributed by atoms with E-state index in [1.807, 2.05) is 13.8 Å². The van der Waals surface area contributed by atoms with E-state index in [9.17, 15) is 9.59 Å². The van der Waals surface area contributed by atoms with Gasteiger partial charge in [0.1, 0.15) is 5.56 Å². The van der Waals surface area contributed by atoms with E-state index in [4.69, 9.17) is 5.11 Å². The third-order valence-corrected chi connectivity index (χ3v) is 1.96. The lowest BCUT2D eigenvalue weighted by Gasteiger charge is -1.96. The third-order valence-electron chi connectivity index (χ3n) is 1.96. The quantitative estimate of drug-likeness (QED) is 0.774. The summed E-state index contributed by atoms with van der Waals surface area (Å²) in [6, 6.07) is 0. The highest BCUT2D eigenvalue weighted by atomic mass is 16.4. The average Bonchev–Trinajstić information content (AvgIpc) is 2.64. The second-order valence-electron chi connectivity index (χ2n) is 2.86. The van der Waals surface area contributed by atoms with E-state index in [2.05, 4.69) is 4.98 Å². The molecule has 0 aliphatic carbocycles. The van der Waals surface area contributed by atoms with Crippen LogP contribution in [0.4, 0.5) is 0 Å². The number of aromatic nitrogens is 3. The summed E-state index contributed by atoms with van der Waals surface area (Å²) in [7, 11) is 1.72. The molecule has 0 saturated carbocycles. The van der Waals surface area contributed by atoms with Crippen molar-refractivity contribution >= 4 is 11.7 Å². The minimum atomic E-state index is -1.26. The molecular formula is C10H13N3O3. The lowest BCUT2D eigenvalue weighted by molar-refractivity contribution is 0.0694. The van der Waals surface area contributed by atoms with Crippen molar-refractivity contribution in [2.24, 2.45) is 7.05 Å². The molecule has 0 saturated heterocycles. The number of carboxylic acids is 1. The first-order valence-electron chi connectivity index (χ1n) is 4.87. The van der Waals surface area contributed by atoms with Crippen molar-refractivity contribution in [3.63, 3.8) is 0 Å². The highest BCUT2D eigenvalue weighted by Crippen LogP contribution is 1.97. The number of aromatic carboxylic acids is 1. The van der Waals surface area contributed by atoms with Crippen LogP contribution in [0.1, 0.15) is 24.2 Å². The van der Waals surface area contributed by atoms with Gasteiger partial charge in [-0.05, 0) is 0 Å². The SMILES string of the molecule is CC.Cn1ccn2c(=O)c(C(=O)O)cnc12. The van der Waals surface area contributed by atoms with Gasteiger partial charge in [-0.15, -0.1) is 0 Å². The van der Waals surface area contributed by atoms with Crippen LogP contribution in [0, 0.1) is 0 Å². The lowest BCUT2D eigenvalue weighted by atomic mass is 10.3. The van der Waals surface area contributed by atoms with Gasteiger partial charge in [-0.1, -0.05) is 13.8 Å². The maximum Gasteiger partial charge on any atom is 0.342 e. The predicted octanol–water partition coefficient (Wildman–Crippen LogP) is 0.757. The van der Waals surface area contributed by atoms with E-state index in [-0.39, 0.29) is 5.56 Å². The summed E-state index contributed by atoms with van der Waals surface area (Å²) in [5, 5.41) is 8.67. The van der Waals surface area contributed by atoms with E-state index in [1.54, 1.807) is 17.8 Å². The van der Waals surface area contributed by atoms with Gasteiger partial charge >= 0.3 is 5.97 Å². The Hall–Kier alpha value is -2.11. The van der Waals surface area contributed by atoms with Gasteiger partial charge < -0.3 is 9.67 Å². The zero-order valence-corrected chi connectivity index (χ0v) is 9.34. The van der Waals surface area contributed by atoms with Crippen molar-refractivity contribution in [3.8, 4) is 0 Å². The van der Waals surface area contributed by atoms with Crippen LogP contribution in [0.15, 0.2) is 23.4 Å². The molecule has 6 heteroatoms. The standard InChI is InChI=1S/C8H7N3O3.C2H6/c1-10-2-3-11-6(12)5(7(13)14)4-9-8(10)11;1-2/h2-4H,1H3,(H,13,14);1-2H3. The number of aryl methyl sites for hydroxylation is 1. The normalized spacial score (nSPS) is 9.69. The van der Waals surface area contributed by atoms with Gasteiger partial charge in [-0.2, -0.15) is 0 Å². The number of rotatable bonds is 1. The van der Waals surface area contributed by atoms with Crippen LogP contribution in [0.3, 0.4) is 0 Å². The van der Waals surface area contributed by atoms with Crippen molar-refractivity contribution < 1.29 is 9.90 Å². The summed E-state index contributed by atoms with van der Waals surface area (Å²) in [5.74, 6) is -0.847. The molecule has 0 fully saturated rings. The van der Waals surface area contributed by atoms with E-state index in [1.165, 1.54) is 10.6 Å². The Labute approximate surface area is 91.8 Å². The predicted molar refractivity (Wildman–Crippen MR) is 58.7 cm³/mol. The van der Waals surface area contributed by atoms with Crippen molar-refractivity contribution in [3.05, 3.63) is 34.5 Å². The smallest absolute Gasteiger partial charge is 0.342 e. The molecule has 1 N–H and O–H groups in total. The fourth-order valence-corrected chi connectivity index (χ4v) is 1.24. The topological polar surface area (TPSA) is 76.6 Å². The molecule has 0 aliphatic heterocycles.